The Bertz CT molecular complexity index is 910. The molecule has 3 aromatic rings. The molecule has 150 valence electrons. The van der Waals surface area contributed by atoms with Crippen LogP contribution >= 0.6 is 0 Å². The number of hydrogen-bond donors (Lipinski definition) is 3. The van der Waals surface area contributed by atoms with Gasteiger partial charge in [-0.2, -0.15) is 5.10 Å². The lowest BCUT2D eigenvalue weighted by atomic mass is 10.2. The Morgan fingerprint density at radius 2 is 2.00 bits per heavy atom. The first-order valence-corrected chi connectivity index (χ1v) is 9.31. The van der Waals surface area contributed by atoms with Gasteiger partial charge in [0.25, 0.3) is 0 Å². The average molecular weight is 385 g/mol. The van der Waals surface area contributed by atoms with Gasteiger partial charge >= 0.3 is 0 Å². The van der Waals surface area contributed by atoms with Crippen LogP contribution in [-0.4, -0.2) is 54.8 Å². The van der Waals surface area contributed by atoms with Gasteiger partial charge in [0.05, 0.1) is 18.0 Å². The minimum atomic E-state index is -0.623. The van der Waals surface area contributed by atoms with Crippen LogP contribution in [0.4, 0.5) is 0 Å². The SMILES string of the molecule is COc1cc(OCCNC[C@H](O)COc2cccc3n[nH]c(C)c23)ccc1C. The maximum atomic E-state index is 10.1. The molecule has 0 unspecified atom stereocenters. The lowest BCUT2D eigenvalue weighted by Crippen LogP contribution is -2.33. The molecule has 0 amide bonds. The average Bonchev–Trinajstić information content (AvgIpc) is 3.09. The summed E-state index contributed by atoms with van der Waals surface area (Å²) in [7, 11) is 1.64. The molecule has 0 aliphatic heterocycles. The molecule has 0 bridgehead atoms. The third kappa shape index (κ3) is 4.94. The number of rotatable bonds is 10. The predicted molar refractivity (Wildman–Crippen MR) is 108 cm³/mol. The quantitative estimate of drug-likeness (QED) is 0.465. The van der Waals surface area contributed by atoms with Crippen molar-refractivity contribution in [3.8, 4) is 17.2 Å². The van der Waals surface area contributed by atoms with Gasteiger partial charge in [0.15, 0.2) is 0 Å². The Labute approximate surface area is 164 Å². The van der Waals surface area contributed by atoms with Gasteiger partial charge in [0, 0.05) is 24.8 Å². The fraction of sp³-hybridized carbons (Fsp3) is 0.381. The number of aromatic nitrogens is 2. The summed E-state index contributed by atoms with van der Waals surface area (Å²) >= 11 is 0. The van der Waals surface area contributed by atoms with Gasteiger partial charge in [-0.3, -0.25) is 5.10 Å². The van der Waals surface area contributed by atoms with Crippen LogP contribution in [0.25, 0.3) is 10.9 Å². The Balaban J connectivity index is 1.38. The number of methoxy groups -OCH3 is 1. The van der Waals surface area contributed by atoms with Gasteiger partial charge in [-0.05, 0) is 37.6 Å². The summed E-state index contributed by atoms with van der Waals surface area (Å²) in [6.07, 6.45) is -0.623. The van der Waals surface area contributed by atoms with Crippen molar-refractivity contribution in [2.75, 3.05) is 33.4 Å². The summed E-state index contributed by atoms with van der Waals surface area (Å²) in [6, 6.07) is 11.4. The largest absolute Gasteiger partial charge is 0.496 e. The predicted octanol–water partition coefficient (Wildman–Crippen LogP) is 2.60. The van der Waals surface area contributed by atoms with Crippen molar-refractivity contribution < 1.29 is 19.3 Å². The number of aliphatic hydroxyl groups is 1. The second kappa shape index (κ2) is 9.43. The fourth-order valence-electron chi connectivity index (χ4n) is 2.95. The number of fused-ring (bicyclic) bond motifs is 1. The highest BCUT2D eigenvalue weighted by atomic mass is 16.5. The topological polar surface area (TPSA) is 88.6 Å². The van der Waals surface area contributed by atoms with Gasteiger partial charge in [-0.15, -0.1) is 0 Å². The number of nitrogens with one attached hydrogen (secondary N) is 2. The second-order valence-electron chi connectivity index (χ2n) is 6.65. The van der Waals surface area contributed by atoms with Crippen molar-refractivity contribution in [2.45, 2.75) is 20.0 Å². The van der Waals surface area contributed by atoms with E-state index in [9.17, 15) is 5.11 Å². The van der Waals surface area contributed by atoms with Crippen LogP contribution in [0, 0.1) is 13.8 Å². The summed E-state index contributed by atoms with van der Waals surface area (Å²) in [6.45, 7) is 5.66. The minimum Gasteiger partial charge on any atom is -0.496 e. The smallest absolute Gasteiger partial charge is 0.130 e. The van der Waals surface area contributed by atoms with E-state index in [0.717, 1.165) is 39.4 Å². The van der Waals surface area contributed by atoms with Gasteiger partial charge < -0.3 is 24.6 Å². The zero-order valence-electron chi connectivity index (χ0n) is 16.5. The summed E-state index contributed by atoms with van der Waals surface area (Å²) in [4.78, 5) is 0. The van der Waals surface area contributed by atoms with Crippen LogP contribution < -0.4 is 19.5 Å². The number of H-pyrrole nitrogens is 1. The van der Waals surface area contributed by atoms with E-state index in [2.05, 4.69) is 15.5 Å². The van der Waals surface area contributed by atoms with E-state index in [-0.39, 0.29) is 6.61 Å². The number of ether oxygens (including phenoxy) is 3. The van der Waals surface area contributed by atoms with Crippen molar-refractivity contribution in [3.63, 3.8) is 0 Å². The molecule has 0 fully saturated rings. The number of aromatic amines is 1. The molecule has 1 aromatic heterocycles. The van der Waals surface area contributed by atoms with Crippen LogP contribution in [0.2, 0.25) is 0 Å². The Morgan fingerprint density at radius 3 is 2.82 bits per heavy atom. The molecule has 0 aliphatic carbocycles. The van der Waals surface area contributed by atoms with Crippen molar-refractivity contribution in [1.82, 2.24) is 15.5 Å². The molecule has 0 aliphatic rings. The molecule has 2 aromatic carbocycles. The standard InChI is InChI=1S/C21H27N3O4/c1-14-7-8-17(11-20(14)26-3)27-10-9-22-12-16(25)13-28-19-6-4-5-18-21(19)15(2)23-24-18/h4-8,11,16,22,25H,9-10,12-13H2,1-3H3,(H,23,24)/t16-/m0/s1. The van der Waals surface area contributed by atoms with E-state index in [0.29, 0.717) is 19.7 Å². The number of aryl methyl sites for hydroxylation is 2. The lowest BCUT2D eigenvalue weighted by Gasteiger charge is -2.14. The first-order chi connectivity index (χ1) is 13.6. The highest BCUT2D eigenvalue weighted by Crippen LogP contribution is 2.27. The minimum absolute atomic E-state index is 0.201. The van der Waals surface area contributed by atoms with E-state index in [1.165, 1.54) is 0 Å². The Morgan fingerprint density at radius 1 is 1.14 bits per heavy atom. The van der Waals surface area contributed by atoms with Crippen molar-refractivity contribution in [2.24, 2.45) is 0 Å². The molecule has 0 spiro atoms. The zero-order chi connectivity index (χ0) is 19.9. The number of benzene rings is 2. The summed E-state index contributed by atoms with van der Waals surface area (Å²) in [5.41, 5.74) is 2.87. The molecule has 0 saturated heterocycles. The maximum absolute atomic E-state index is 10.1. The summed E-state index contributed by atoms with van der Waals surface area (Å²) < 4.78 is 16.8. The number of nitrogens with zero attached hydrogens (tertiary/aromatic N) is 1. The van der Waals surface area contributed by atoms with Gasteiger partial charge in [0.1, 0.15) is 36.6 Å². The van der Waals surface area contributed by atoms with Crippen LogP contribution in [0.1, 0.15) is 11.3 Å². The second-order valence-corrected chi connectivity index (χ2v) is 6.65. The van der Waals surface area contributed by atoms with Crippen molar-refractivity contribution in [1.29, 1.82) is 0 Å². The molecular formula is C21H27N3O4. The van der Waals surface area contributed by atoms with Gasteiger partial charge in [-0.25, -0.2) is 0 Å². The number of aliphatic hydroxyl groups excluding tert-OH is 1. The highest BCUT2D eigenvalue weighted by Gasteiger charge is 2.10. The molecule has 7 nitrogen and oxygen atoms in total. The molecule has 1 atom stereocenters. The van der Waals surface area contributed by atoms with Crippen LogP contribution in [-0.2, 0) is 0 Å². The first-order valence-electron chi connectivity index (χ1n) is 9.31. The van der Waals surface area contributed by atoms with E-state index < -0.39 is 6.10 Å². The van der Waals surface area contributed by atoms with Crippen LogP contribution in [0.3, 0.4) is 0 Å². The molecule has 1 heterocycles. The van der Waals surface area contributed by atoms with E-state index in [1.807, 2.05) is 50.2 Å². The number of hydrogen-bond acceptors (Lipinski definition) is 6. The molecular weight excluding hydrogens is 358 g/mol. The van der Waals surface area contributed by atoms with E-state index in [4.69, 9.17) is 14.2 Å². The summed E-state index contributed by atoms with van der Waals surface area (Å²) in [5, 5.41) is 21.4. The van der Waals surface area contributed by atoms with Gasteiger partial charge in [-0.1, -0.05) is 12.1 Å². The summed E-state index contributed by atoms with van der Waals surface area (Å²) in [5.74, 6) is 2.29. The van der Waals surface area contributed by atoms with Crippen LogP contribution in [0.15, 0.2) is 36.4 Å². The van der Waals surface area contributed by atoms with E-state index >= 15 is 0 Å². The van der Waals surface area contributed by atoms with E-state index in [1.54, 1.807) is 7.11 Å². The van der Waals surface area contributed by atoms with Crippen molar-refractivity contribution >= 4 is 10.9 Å². The zero-order valence-corrected chi connectivity index (χ0v) is 16.5. The molecule has 0 saturated carbocycles. The van der Waals surface area contributed by atoms with Crippen LogP contribution in [0.5, 0.6) is 17.2 Å². The van der Waals surface area contributed by atoms with Crippen molar-refractivity contribution in [3.05, 3.63) is 47.7 Å². The third-order valence-corrected chi connectivity index (χ3v) is 4.46. The molecule has 0 radical (unpaired) electrons. The van der Waals surface area contributed by atoms with Gasteiger partial charge in [0.2, 0.25) is 0 Å². The molecule has 7 heteroatoms. The third-order valence-electron chi connectivity index (χ3n) is 4.46. The fourth-order valence-corrected chi connectivity index (χ4v) is 2.95. The molecule has 3 rings (SSSR count). The first kappa shape index (κ1) is 20.0. The Kier molecular flexibility index (Phi) is 6.73. The highest BCUT2D eigenvalue weighted by molar-refractivity contribution is 5.87. The lowest BCUT2D eigenvalue weighted by molar-refractivity contribution is 0.106. The Hall–Kier alpha value is -2.77. The molecule has 3 N–H and O–H groups in total. The molecule has 28 heavy (non-hydrogen) atoms. The maximum Gasteiger partial charge on any atom is 0.130 e. The monoisotopic (exact) mass is 385 g/mol. The normalized spacial score (nSPS) is 12.1.